The van der Waals surface area contributed by atoms with Gasteiger partial charge in [0, 0.05) is 49.9 Å². The fourth-order valence-corrected chi connectivity index (χ4v) is 2.84. The summed E-state index contributed by atoms with van der Waals surface area (Å²) in [5, 5.41) is 2.78. The molecule has 140 valence electrons. The molecular weight excluding hydrogens is 330 g/mol. The minimum atomic E-state index is -0.176. The van der Waals surface area contributed by atoms with E-state index in [-0.39, 0.29) is 18.4 Å². The van der Waals surface area contributed by atoms with Crippen LogP contribution in [0.2, 0.25) is 0 Å². The molecule has 0 unspecified atom stereocenters. The summed E-state index contributed by atoms with van der Waals surface area (Å²) < 4.78 is 7.06. The van der Waals surface area contributed by atoms with Crippen molar-refractivity contribution in [3.8, 4) is 5.69 Å². The van der Waals surface area contributed by atoms with Crippen LogP contribution in [0, 0.1) is 13.8 Å². The number of nitrogens with zero attached hydrogens (tertiary/aromatic N) is 2. The minimum Gasteiger partial charge on any atom is -0.385 e. The summed E-state index contributed by atoms with van der Waals surface area (Å²) in [6, 6.07) is 11.6. The molecule has 1 heterocycles. The minimum absolute atomic E-state index is 0.0311. The Kier molecular flexibility index (Phi) is 6.97. The maximum atomic E-state index is 12.5. The number of rotatable bonds is 8. The first kappa shape index (κ1) is 19.7. The Morgan fingerprint density at radius 1 is 1.08 bits per heavy atom. The van der Waals surface area contributed by atoms with Crippen molar-refractivity contribution in [1.82, 2.24) is 14.8 Å². The average Bonchev–Trinajstić information content (AvgIpc) is 2.96. The van der Waals surface area contributed by atoms with Crippen LogP contribution in [0.1, 0.15) is 28.2 Å². The molecule has 0 spiro atoms. The van der Waals surface area contributed by atoms with Crippen molar-refractivity contribution in [2.45, 2.75) is 20.3 Å². The van der Waals surface area contributed by atoms with Crippen LogP contribution in [-0.2, 0) is 9.53 Å². The van der Waals surface area contributed by atoms with E-state index in [2.05, 4.69) is 22.0 Å². The van der Waals surface area contributed by atoms with Gasteiger partial charge in [-0.3, -0.25) is 9.59 Å². The van der Waals surface area contributed by atoms with Gasteiger partial charge in [0.2, 0.25) is 5.91 Å². The highest BCUT2D eigenvalue weighted by Gasteiger charge is 2.15. The van der Waals surface area contributed by atoms with E-state index < -0.39 is 0 Å². The number of methoxy groups -OCH3 is 1. The molecule has 2 rings (SSSR count). The number of hydrogen-bond donors (Lipinski definition) is 1. The summed E-state index contributed by atoms with van der Waals surface area (Å²) in [5.74, 6) is -0.350. The summed E-state index contributed by atoms with van der Waals surface area (Å²) in [6.07, 6.45) is 0.750. The third-order valence-electron chi connectivity index (χ3n) is 4.22. The van der Waals surface area contributed by atoms with Crippen LogP contribution in [-0.4, -0.2) is 55.1 Å². The van der Waals surface area contributed by atoms with Gasteiger partial charge in [0.1, 0.15) is 0 Å². The number of benzene rings is 1. The van der Waals surface area contributed by atoms with E-state index in [0.29, 0.717) is 18.7 Å². The molecule has 1 aromatic heterocycles. The molecule has 6 nitrogen and oxygen atoms in total. The third kappa shape index (κ3) is 4.95. The zero-order chi connectivity index (χ0) is 19.1. The molecule has 0 saturated carbocycles. The van der Waals surface area contributed by atoms with Gasteiger partial charge in [0.25, 0.3) is 5.91 Å². The highest BCUT2D eigenvalue weighted by Crippen LogP contribution is 2.17. The monoisotopic (exact) mass is 357 g/mol. The van der Waals surface area contributed by atoms with E-state index in [1.54, 1.807) is 26.3 Å². The molecule has 2 amide bonds. The highest BCUT2D eigenvalue weighted by atomic mass is 16.5. The van der Waals surface area contributed by atoms with Crippen molar-refractivity contribution in [3.05, 3.63) is 53.3 Å². The van der Waals surface area contributed by atoms with E-state index in [4.69, 9.17) is 4.74 Å². The number of nitrogens with one attached hydrogen (secondary N) is 1. The Morgan fingerprint density at radius 2 is 1.69 bits per heavy atom. The van der Waals surface area contributed by atoms with Crippen molar-refractivity contribution in [1.29, 1.82) is 0 Å². The van der Waals surface area contributed by atoms with Crippen molar-refractivity contribution in [3.63, 3.8) is 0 Å². The van der Waals surface area contributed by atoms with E-state index in [1.165, 1.54) is 4.90 Å². The highest BCUT2D eigenvalue weighted by molar-refractivity contribution is 5.96. The molecule has 1 N–H and O–H groups in total. The van der Waals surface area contributed by atoms with Gasteiger partial charge < -0.3 is 19.5 Å². The Hall–Kier alpha value is -2.60. The van der Waals surface area contributed by atoms with Gasteiger partial charge in [-0.15, -0.1) is 0 Å². The van der Waals surface area contributed by atoms with Crippen LogP contribution < -0.4 is 5.32 Å². The van der Waals surface area contributed by atoms with Crippen LogP contribution in [0.5, 0.6) is 0 Å². The van der Waals surface area contributed by atoms with Gasteiger partial charge in [-0.25, -0.2) is 0 Å². The van der Waals surface area contributed by atoms with Crippen LogP contribution in [0.25, 0.3) is 5.69 Å². The second-order valence-electron chi connectivity index (χ2n) is 6.36. The molecule has 0 radical (unpaired) electrons. The van der Waals surface area contributed by atoms with Crippen LogP contribution in [0.15, 0.2) is 36.4 Å². The third-order valence-corrected chi connectivity index (χ3v) is 4.22. The summed E-state index contributed by atoms with van der Waals surface area (Å²) >= 11 is 0. The van der Waals surface area contributed by atoms with E-state index >= 15 is 0 Å². The quantitative estimate of drug-likeness (QED) is 0.738. The van der Waals surface area contributed by atoms with Gasteiger partial charge >= 0.3 is 0 Å². The number of likely N-dealkylation sites (N-methyl/N-ethyl adjacent to an activating group) is 1. The molecule has 0 fully saturated rings. The predicted molar refractivity (Wildman–Crippen MR) is 102 cm³/mol. The standard InChI is InChI=1S/C20H27N3O3/c1-15-6-7-16(2)23(15)18-10-8-17(9-11-18)20(25)22(3)14-19(24)21-12-5-13-26-4/h6-11H,5,12-14H2,1-4H3,(H,21,24). The average molecular weight is 357 g/mol. The lowest BCUT2D eigenvalue weighted by Gasteiger charge is -2.17. The number of hydrogen-bond acceptors (Lipinski definition) is 3. The molecular formula is C20H27N3O3. The van der Waals surface area contributed by atoms with Crippen molar-refractivity contribution in [2.24, 2.45) is 0 Å². The van der Waals surface area contributed by atoms with Crippen LogP contribution >= 0.6 is 0 Å². The Bertz CT molecular complexity index is 731. The van der Waals surface area contributed by atoms with Gasteiger partial charge in [-0.05, 0) is 56.7 Å². The molecule has 0 saturated heterocycles. The normalized spacial score (nSPS) is 10.6. The second-order valence-corrected chi connectivity index (χ2v) is 6.36. The van der Waals surface area contributed by atoms with Crippen LogP contribution in [0.4, 0.5) is 0 Å². The number of ether oxygens (including phenoxy) is 1. The fourth-order valence-electron chi connectivity index (χ4n) is 2.84. The molecule has 0 aliphatic rings. The summed E-state index contributed by atoms with van der Waals surface area (Å²) in [4.78, 5) is 25.8. The first-order valence-electron chi connectivity index (χ1n) is 8.70. The van der Waals surface area contributed by atoms with Crippen molar-refractivity contribution in [2.75, 3.05) is 33.9 Å². The van der Waals surface area contributed by atoms with E-state index in [9.17, 15) is 9.59 Å². The van der Waals surface area contributed by atoms with Gasteiger partial charge in [-0.2, -0.15) is 0 Å². The topological polar surface area (TPSA) is 63.6 Å². The summed E-state index contributed by atoms with van der Waals surface area (Å²) in [6.45, 7) is 5.26. The maximum Gasteiger partial charge on any atom is 0.254 e. The molecule has 0 bridgehead atoms. The first-order valence-corrected chi connectivity index (χ1v) is 8.70. The SMILES string of the molecule is COCCCNC(=O)CN(C)C(=O)c1ccc(-n2c(C)ccc2C)cc1. The molecule has 26 heavy (non-hydrogen) atoms. The van der Waals surface area contributed by atoms with Gasteiger partial charge in [0.05, 0.1) is 6.54 Å². The van der Waals surface area contributed by atoms with Gasteiger partial charge in [-0.1, -0.05) is 0 Å². The summed E-state index contributed by atoms with van der Waals surface area (Å²) in [7, 11) is 3.25. The molecule has 6 heteroatoms. The Labute approximate surface area is 154 Å². The lowest BCUT2D eigenvalue weighted by Crippen LogP contribution is -2.38. The van der Waals surface area contributed by atoms with Crippen LogP contribution in [0.3, 0.4) is 0 Å². The van der Waals surface area contributed by atoms with E-state index in [1.807, 2.05) is 26.0 Å². The number of aryl methyl sites for hydroxylation is 2. The van der Waals surface area contributed by atoms with Gasteiger partial charge in [0.15, 0.2) is 0 Å². The molecule has 0 aliphatic heterocycles. The van der Waals surface area contributed by atoms with Crippen molar-refractivity contribution < 1.29 is 14.3 Å². The Balaban J connectivity index is 1.95. The summed E-state index contributed by atoms with van der Waals surface area (Å²) in [5.41, 5.74) is 3.86. The maximum absolute atomic E-state index is 12.5. The smallest absolute Gasteiger partial charge is 0.254 e. The first-order chi connectivity index (χ1) is 12.4. The van der Waals surface area contributed by atoms with Crippen molar-refractivity contribution >= 4 is 11.8 Å². The number of aromatic nitrogens is 1. The fraction of sp³-hybridized carbons (Fsp3) is 0.400. The predicted octanol–water partition coefficient (Wildman–Crippen LogP) is 2.32. The largest absolute Gasteiger partial charge is 0.385 e. The van der Waals surface area contributed by atoms with E-state index in [0.717, 1.165) is 23.5 Å². The molecule has 0 aliphatic carbocycles. The molecule has 2 aromatic rings. The number of amides is 2. The number of carbonyl (C=O) groups excluding carboxylic acids is 2. The number of carbonyl (C=O) groups is 2. The lowest BCUT2D eigenvalue weighted by atomic mass is 10.1. The zero-order valence-electron chi connectivity index (χ0n) is 15.9. The molecule has 1 aromatic carbocycles. The Morgan fingerprint density at radius 3 is 2.27 bits per heavy atom. The molecule has 0 atom stereocenters. The lowest BCUT2D eigenvalue weighted by molar-refractivity contribution is -0.121. The zero-order valence-corrected chi connectivity index (χ0v) is 15.9. The second kappa shape index (κ2) is 9.20.